The predicted octanol–water partition coefficient (Wildman–Crippen LogP) is 3.87. The van der Waals surface area contributed by atoms with Crippen LogP contribution in [0.5, 0.6) is 11.5 Å². The average molecular weight is 332 g/mol. The van der Waals surface area contributed by atoms with Gasteiger partial charge in [-0.3, -0.25) is 4.79 Å². The molecule has 25 heavy (non-hydrogen) atoms. The predicted molar refractivity (Wildman–Crippen MR) is 94.0 cm³/mol. The van der Waals surface area contributed by atoms with Crippen molar-refractivity contribution >= 4 is 11.9 Å². The number of hydrogen-bond acceptors (Lipinski definition) is 4. The Morgan fingerprint density at radius 3 is 1.96 bits per heavy atom. The van der Waals surface area contributed by atoms with Crippen LogP contribution in [0, 0.1) is 5.92 Å². The van der Waals surface area contributed by atoms with Crippen molar-refractivity contribution in [2.24, 2.45) is 5.92 Å². The van der Waals surface area contributed by atoms with E-state index in [1.165, 1.54) is 0 Å². The fourth-order valence-electron chi connectivity index (χ4n) is 2.34. The molecule has 0 amide bonds. The van der Waals surface area contributed by atoms with Crippen molar-refractivity contribution < 1.29 is 19.1 Å². The maximum absolute atomic E-state index is 12.3. The molecule has 0 aromatic heterocycles. The lowest BCUT2D eigenvalue weighted by Gasteiger charge is -2.17. The Hall–Kier alpha value is -3.40. The van der Waals surface area contributed by atoms with Gasteiger partial charge in [-0.1, -0.05) is 55.1 Å². The highest BCUT2D eigenvalue weighted by Gasteiger charge is 2.25. The second-order valence-electron chi connectivity index (χ2n) is 5.45. The summed E-state index contributed by atoms with van der Waals surface area (Å²) in [6.45, 7) is 3.86. The van der Waals surface area contributed by atoms with E-state index in [1.54, 1.807) is 66.8 Å². The molecule has 3 rings (SSSR count). The van der Waals surface area contributed by atoms with Crippen molar-refractivity contribution in [1.82, 2.24) is 0 Å². The molecule has 2 aromatic carbocycles. The maximum atomic E-state index is 12.3. The van der Waals surface area contributed by atoms with E-state index in [1.807, 2.05) is 12.1 Å². The fourth-order valence-corrected chi connectivity index (χ4v) is 2.34. The van der Waals surface area contributed by atoms with Crippen molar-refractivity contribution in [3.05, 3.63) is 96.6 Å². The van der Waals surface area contributed by atoms with Gasteiger partial charge in [-0.05, 0) is 35.9 Å². The van der Waals surface area contributed by atoms with Crippen LogP contribution in [0.25, 0.3) is 0 Å². The summed E-state index contributed by atoms with van der Waals surface area (Å²) >= 11 is 0. The Morgan fingerprint density at radius 1 is 0.840 bits per heavy atom. The summed E-state index contributed by atoms with van der Waals surface area (Å²) in [6, 6.07) is 17.6. The average Bonchev–Trinajstić information content (AvgIpc) is 2.63. The van der Waals surface area contributed by atoms with Crippen molar-refractivity contribution in [2.75, 3.05) is 0 Å². The Balaban J connectivity index is 1.65. The monoisotopic (exact) mass is 332 g/mol. The molecule has 2 aromatic rings. The molecule has 4 heteroatoms. The standard InChI is InChI=1S/C21H16O4/c1-15-14-16(20(22)24-17-8-4-2-5-9-17)12-13-19(15)21(23)25-18-10-6-3-7-11-18/h2-14,19H,1H2. The van der Waals surface area contributed by atoms with E-state index in [2.05, 4.69) is 6.58 Å². The SMILES string of the molecule is C=C1C=C(C(=O)Oc2ccccc2)C=CC1C(=O)Oc1ccccc1. The molecule has 0 fully saturated rings. The molecule has 4 nitrogen and oxygen atoms in total. The Bertz CT molecular complexity index is 848. The lowest BCUT2D eigenvalue weighted by atomic mass is 9.92. The number of esters is 2. The third-order valence-corrected chi connectivity index (χ3v) is 3.61. The van der Waals surface area contributed by atoms with Gasteiger partial charge in [0.25, 0.3) is 0 Å². The second-order valence-corrected chi connectivity index (χ2v) is 5.45. The number of allylic oxidation sites excluding steroid dienone is 1. The van der Waals surface area contributed by atoms with E-state index < -0.39 is 17.9 Å². The molecule has 0 N–H and O–H groups in total. The molecular weight excluding hydrogens is 316 g/mol. The number of benzene rings is 2. The lowest BCUT2D eigenvalue weighted by molar-refractivity contribution is -0.136. The van der Waals surface area contributed by atoms with Gasteiger partial charge in [0.15, 0.2) is 0 Å². The van der Waals surface area contributed by atoms with E-state index in [4.69, 9.17) is 9.47 Å². The van der Waals surface area contributed by atoms with Crippen LogP contribution in [0.15, 0.2) is 96.6 Å². The molecule has 0 aliphatic heterocycles. The molecule has 0 bridgehead atoms. The van der Waals surface area contributed by atoms with Crippen molar-refractivity contribution in [3.63, 3.8) is 0 Å². The molecule has 0 spiro atoms. The van der Waals surface area contributed by atoms with Gasteiger partial charge in [0.2, 0.25) is 0 Å². The van der Waals surface area contributed by atoms with Crippen molar-refractivity contribution in [2.45, 2.75) is 0 Å². The Kier molecular flexibility index (Phi) is 4.90. The molecule has 0 saturated heterocycles. The molecule has 1 aliphatic carbocycles. The highest BCUT2D eigenvalue weighted by molar-refractivity contribution is 5.95. The molecule has 0 saturated carbocycles. The largest absolute Gasteiger partial charge is 0.426 e. The van der Waals surface area contributed by atoms with Gasteiger partial charge in [-0.2, -0.15) is 0 Å². The van der Waals surface area contributed by atoms with Gasteiger partial charge in [0.05, 0.1) is 5.57 Å². The molecule has 0 radical (unpaired) electrons. The second kappa shape index (κ2) is 7.45. The highest BCUT2D eigenvalue weighted by Crippen LogP contribution is 2.24. The minimum Gasteiger partial charge on any atom is -0.426 e. The van der Waals surface area contributed by atoms with E-state index in [0.717, 1.165) is 0 Å². The smallest absolute Gasteiger partial charge is 0.343 e. The zero-order valence-corrected chi connectivity index (χ0v) is 13.4. The van der Waals surface area contributed by atoms with Gasteiger partial charge in [-0.25, -0.2) is 4.79 Å². The molecule has 124 valence electrons. The molecule has 1 atom stereocenters. The van der Waals surface area contributed by atoms with Crippen LogP contribution in [0.1, 0.15) is 0 Å². The number of carbonyl (C=O) groups is 2. The molecule has 1 aliphatic rings. The lowest BCUT2D eigenvalue weighted by Crippen LogP contribution is -2.23. The number of carbonyl (C=O) groups excluding carboxylic acids is 2. The van der Waals surface area contributed by atoms with E-state index in [9.17, 15) is 9.59 Å². The number of para-hydroxylation sites is 2. The zero-order chi connectivity index (χ0) is 17.6. The van der Waals surface area contributed by atoms with Crippen LogP contribution < -0.4 is 9.47 Å². The first-order valence-electron chi connectivity index (χ1n) is 7.76. The van der Waals surface area contributed by atoms with Gasteiger partial charge < -0.3 is 9.47 Å². The normalized spacial score (nSPS) is 16.1. The first kappa shape index (κ1) is 16.5. The number of hydrogen-bond donors (Lipinski definition) is 0. The first-order chi connectivity index (χ1) is 12.1. The van der Waals surface area contributed by atoms with Gasteiger partial charge in [0.1, 0.15) is 17.4 Å². The Labute approximate surface area is 145 Å². The minimum absolute atomic E-state index is 0.331. The van der Waals surface area contributed by atoms with Crippen molar-refractivity contribution in [1.29, 1.82) is 0 Å². The van der Waals surface area contributed by atoms with Crippen LogP contribution in [0.2, 0.25) is 0 Å². The zero-order valence-electron chi connectivity index (χ0n) is 13.4. The van der Waals surface area contributed by atoms with Gasteiger partial charge in [0, 0.05) is 0 Å². The molecule has 1 unspecified atom stereocenters. The molecular formula is C21H16O4. The van der Waals surface area contributed by atoms with Crippen LogP contribution in [0.3, 0.4) is 0 Å². The third-order valence-electron chi connectivity index (χ3n) is 3.61. The topological polar surface area (TPSA) is 52.6 Å². The number of ether oxygens (including phenoxy) is 2. The van der Waals surface area contributed by atoms with E-state index in [-0.39, 0.29) is 0 Å². The van der Waals surface area contributed by atoms with E-state index in [0.29, 0.717) is 22.6 Å². The summed E-state index contributed by atoms with van der Waals surface area (Å²) in [4.78, 5) is 24.4. The Morgan fingerprint density at radius 2 is 1.40 bits per heavy atom. The third kappa shape index (κ3) is 4.12. The summed E-state index contributed by atoms with van der Waals surface area (Å²) in [5.41, 5.74) is 0.807. The van der Waals surface area contributed by atoms with Crippen molar-refractivity contribution in [3.8, 4) is 11.5 Å². The van der Waals surface area contributed by atoms with Crippen LogP contribution in [0.4, 0.5) is 0 Å². The summed E-state index contributed by atoms with van der Waals surface area (Å²) in [5.74, 6) is -0.656. The van der Waals surface area contributed by atoms with Crippen LogP contribution in [-0.2, 0) is 9.59 Å². The van der Waals surface area contributed by atoms with Crippen LogP contribution in [-0.4, -0.2) is 11.9 Å². The summed E-state index contributed by atoms with van der Waals surface area (Å²) in [7, 11) is 0. The minimum atomic E-state index is -0.631. The van der Waals surface area contributed by atoms with Gasteiger partial charge in [-0.15, -0.1) is 0 Å². The summed E-state index contributed by atoms with van der Waals surface area (Å²) in [6.07, 6.45) is 4.69. The van der Waals surface area contributed by atoms with Gasteiger partial charge >= 0.3 is 11.9 Å². The molecule has 0 heterocycles. The van der Waals surface area contributed by atoms with Crippen LogP contribution >= 0.6 is 0 Å². The first-order valence-corrected chi connectivity index (χ1v) is 7.76. The maximum Gasteiger partial charge on any atom is 0.343 e. The number of rotatable bonds is 4. The summed E-state index contributed by atoms with van der Waals surface area (Å²) < 4.78 is 10.6. The summed E-state index contributed by atoms with van der Waals surface area (Å²) in [5, 5.41) is 0. The van der Waals surface area contributed by atoms with E-state index >= 15 is 0 Å². The highest BCUT2D eigenvalue weighted by atomic mass is 16.5. The quantitative estimate of drug-likeness (QED) is 0.630. The fraction of sp³-hybridized carbons (Fsp3) is 0.0476.